The molecular weight excluding hydrogens is 224 g/mol. The van der Waals surface area contributed by atoms with Gasteiger partial charge in [0, 0.05) is 25.0 Å². The summed E-state index contributed by atoms with van der Waals surface area (Å²) in [6.45, 7) is 15.7. The van der Waals surface area contributed by atoms with E-state index in [1.807, 2.05) is 4.90 Å². The van der Waals surface area contributed by atoms with Crippen LogP contribution >= 0.6 is 0 Å². The fraction of sp³-hybridized carbons (Fsp3) is 0.933. The maximum atomic E-state index is 12.3. The second kappa shape index (κ2) is 7.13. The molecule has 0 fully saturated rings. The lowest BCUT2D eigenvalue weighted by molar-refractivity contribution is -0.133. The molecule has 0 aliphatic rings. The maximum absolute atomic E-state index is 12.3. The fourth-order valence-corrected chi connectivity index (χ4v) is 2.19. The molecule has 18 heavy (non-hydrogen) atoms. The highest BCUT2D eigenvalue weighted by molar-refractivity contribution is 5.77. The molecule has 0 aliphatic carbocycles. The first-order valence-corrected chi connectivity index (χ1v) is 7.08. The molecule has 0 saturated carbocycles. The predicted molar refractivity (Wildman–Crippen MR) is 78.4 cm³/mol. The topological polar surface area (TPSA) is 46.3 Å². The van der Waals surface area contributed by atoms with Gasteiger partial charge in [0.25, 0.3) is 0 Å². The van der Waals surface area contributed by atoms with Crippen molar-refractivity contribution in [2.75, 3.05) is 6.54 Å². The Bertz CT molecular complexity index is 254. The SMILES string of the molecule is CC(C)CN(C(=O)CC(N)CC(C)(C)C)C(C)C. The molecule has 1 unspecified atom stereocenters. The molecule has 1 amide bonds. The van der Waals surface area contributed by atoms with E-state index >= 15 is 0 Å². The molecular formula is C15H32N2O. The minimum Gasteiger partial charge on any atom is -0.340 e. The maximum Gasteiger partial charge on any atom is 0.224 e. The molecule has 0 aromatic rings. The van der Waals surface area contributed by atoms with E-state index in [0.717, 1.165) is 13.0 Å². The molecule has 0 radical (unpaired) electrons. The van der Waals surface area contributed by atoms with Crippen molar-refractivity contribution in [1.82, 2.24) is 4.90 Å². The summed E-state index contributed by atoms with van der Waals surface area (Å²) >= 11 is 0. The molecule has 0 heterocycles. The van der Waals surface area contributed by atoms with Crippen molar-refractivity contribution in [2.24, 2.45) is 17.1 Å². The van der Waals surface area contributed by atoms with Crippen molar-refractivity contribution >= 4 is 5.91 Å². The summed E-state index contributed by atoms with van der Waals surface area (Å²) < 4.78 is 0. The van der Waals surface area contributed by atoms with Gasteiger partial charge in [0.05, 0.1) is 0 Å². The van der Waals surface area contributed by atoms with E-state index in [0.29, 0.717) is 12.3 Å². The van der Waals surface area contributed by atoms with Gasteiger partial charge in [-0.05, 0) is 31.6 Å². The van der Waals surface area contributed by atoms with Gasteiger partial charge in [-0.2, -0.15) is 0 Å². The van der Waals surface area contributed by atoms with E-state index in [4.69, 9.17) is 5.73 Å². The van der Waals surface area contributed by atoms with E-state index in [2.05, 4.69) is 48.5 Å². The van der Waals surface area contributed by atoms with Crippen LogP contribution in [0.5, 0.6) is 0 Å². The van der Waals surface area contributed by atoms with Gasteiger partial charge >= 0.3 is 0 Å². The summed E-state index contributed by atoms with van der Waals surface area (Å²) in [5, 5.41) is 0. The first-order valence-electron chi connectivity index (χ1n) is 7.08. The Kier molecular flexibility index (Phi) is 6.90. The zero-order valence-electron chi connectivity index (χ0n) is 13.3. The minimum absolute atomic E-state index is 0.0362. The van der Waals surface area contributed by atoms with E-state index in [-0.39, 0.29) is 23.4 Å². The molecule has 0 bridgehead atoms. The number of rotatable bonds is 6. The van der Waals surface area contributed by atoms with Crippen LogP contribution in [-0.2, 0) is 4.79 Å². The Labute approximate surface area is 113 Å². The fourth-order valence-electron chi connectivity index (χ4n) is 2.19. The van der Waals surface area contributed by atoms with Gasteiger partial charge < -0.3 is 10.6 Å². The Morgan fingerprint density at radius 1 is 1.17 bits per heavy atom. The number of nitrogens with zero attached hydrogens (tertiary/aromatic N) is 1. The van der Waals surface area contributed by atoms with E-state index in [1.54, 1.807) is 0 Å². The van der Waals surface area contributed by atoms with Gasteiger partial charge in [0.1, 0.15) is 0 Å². The molecule has 3 nitrogen and oxygen atoms in total. The Balaban J connectivity index is 4.42. The number of hydrogen-bond acceptors (Lipinski definition) is 2. The van der Waals surface area contributed by atoms with Crippen LogP contribution in [0, 0.1) is 11.3 Å². The zero-order chi connectivity index (χ0) is 14.5. The predicted octanol–water partition coefficient (Wildman–Crippen LogP) is 3.03. The van der Waals surface area contributed by atoms with E-state index in [9.17, 15) is 4.79 Å². The van der Waals surface area contributed by atoms with Crippen LogP contribution in [0.15, 0.2) is 0 Å². The van der Waals surface area contributed by atoms with Gasteiger partial charge in [-0.15, -0.1) is 0 Å². The Hall–Kier alpha value is -0.570. The summed E-state index contributed by atoms with van der Waals surface area (Å²) in [5.41, 5.74) is 6.26. The average Bonchev–Trinajstić information content (AvgIpc) is 2.09. The lowest BCUT2D eigenvalue weighted by atomic mass is 9.87. The van der Waals surface area contributed by atoms with Crippen molar-refractivity contribution in [3.63, 3.8) is 0 Å². The third kappa shape index (κ3) is 7.70. The molecule has 0 aromatic carbocycles. The van der Waals surface area contributed by atoms with Crippen LogP contribution < -0.4 is 5.73 Å². The minimum atomic E-state index is -0.0362. The third-order valence-corrected chi connectivity index (χ3v) is 2.82. The molecule has 0 aromatic heterocycles. The molecule has 0 rings (SSSR count). The van der Waals surface area contributed by atoms with Crippen LogP contribution in [0.2, 0.25) is 0 Å². The lowest BCUT2D eigenvalue weighted by Gasteiger charge is -2.30. The number of carbonyl (C=O) groups is 1. The standard InChI is InChI=1S/C15H32N2O/c1-11(2)10-17(12(3)4)14(18)8-13(16)9-15(5,6)7/h11-13H,8-10,16H2,1-7H3. The van der Waals surface area contributed by atoms with E-state index in [1.165, 1.54) is 0 Å². The summed E-state index contributed by atoms with van der Waals surface area (Å²) in [4.78, 5) is 14.2. The van der Waals surface area contributed by atoms with E-state index < -0.39 is 0 Å². The second-order valence-corrected chi connectivity index (χ2v) is 7.26. The normalized spacial score (nSPS) is 14.1. The quantitative estimate of drug-likeness (QED) is 0.794. The molecule has 0 saturated heterocycles. The van der Waals surface area contributed by atoms with Gasteiger partial charge in [-0.3, -0.25) is 4.79 Å². The smallest absolute Gasteiger partial charge is 0.224 e. The van der Waals surface area contributed by atoms with Crippen LogP contribution in [0.25, 0.3) is 0 Å². The number of hydrogen-bond donors (Lipinski definition) is 1. The molecule has 3 heteroatoms. The van der Waals surface area contributed by atoms with Crippen LogP contribution in [-0.4, -0.2) is 29.4 Å². The summed E-state index contributed by atoms with van der Waals surface area (Å²) in [7, 11) is 0. The van der Waals surface area contributed by atoms with Crippen molar-refractivity contribution < 1.29 is 4.79 Å². The average molecular weight is 256 g/mol. The second-order valence-electron chi connectivity index (χ2n) is 7.26. The summed E-state index contributed by atoms with van der Waals surface area (Å²) in [6.07, 6.45) is 1.34. The van der Waals surface area contributed by atoms with Gasteiger partial charge in [0.2, 0.25) is 5.91 Å². The van der Waals surface area contributed by atoms with Crippen molar-refractivity contribution in [3.05, 3.63) is 0 Å². The summed E-state index contributed by atoms with van der Waals surface area (Å²) in [6, 6.07) is 0.215. The largest absolute Gasteiger partial charge is 0.340 e. The van der Waals surface area contributed by atoms with Gasteiger partial charge in [-0.1, -0.05) is 34.6 Å². The van der Waals surface area contributed by atoms with Crippen LogP contribution in [0.3, 0.4) is 0 Å². The van der Waals surface area contributed by atoms with Crippen molar-refractivity contribution in [3.8, 4) is 0 Å². The molecule has 108 valence electrons. The zero-order valence-corrected chi connectivity index (χ0v) is 13.3. The highest BCUT2D eigenvalue weighted by Crippen LogP contribution is 2.21. The highest BCUT2D eigenvalue weighted by atomic mass is 16.2. The van der Waals surface area contributed by atoms with Crippen molar-refractivity contribution in [2.45, 2.75) is 73.4 Å². The third-order valence-electron chi connectivity index (χ3n) is 2.82. The van der Waals surface area contributed by atoms with Gasteiger partial charge in [0.15, 0.2) is 0 Å². The number of nitrogens with two attached hydrogens (primary N) is 1. The van der Waals surface area contributed by atoms with Crippen LogP contribution in [0.1, 0.15) is 61.3 Å². The first-order chi connectivity index (χ1) is 8.03. The monoisotopic (exact) mass is 256 g/mol. The number of carbonyl (C=O) groups excluding carboxylic acids is 1. The Morgan fingerprint density at radius 3 is 2.00 bits per heavy atom. The molecule has 1 atom stereocenters. The number of amides is 1. The Morgan fingerprint density at radius 2 is 1.67 bits per heavy atom. The van der Waals surface area contributed by atoms with Crippen LogP contribution in [0.4, 0.5) is 0 Å². The lowest BCUT2D eigenvalue weighted by Crippen LogP contribution is -2.42. The molecule has 0 spiro atoms. The van der Waals surface area contributed by atoms with Gasteiger partial charge in [-0.25, -0.2) is 0 Å². The molecule has 0 aliphatic heterocycles. The first kappa shape index (κ1) is 17.4. The highest BCUT2D eigenvalue weighted by Gasteiger charge is 2.23. The molecule has 2 N–H and O–H groups in total. The summed E-state index contributed by atoms with van der Waals surface area (Å²) in [5.74, 6) is 0.686. The van der Waals surface area contributed by atoms with Crippen molar-refractivity contribution in [1.29, 1.82) is 0 Å².